The van der Waals surface area contributed by atoms with Crippen molar-refractivity contribution in [2.75, 3.05) is 0 Å². The van der Waals surface area contributed by atoms with E-state index >= 15 is 0 Å². The number of rotatable bonds is 1. The Morgan fingerprint density at radius 1 is 1.06 bits per heavy atom. The predicted octanol–water partition coefficient (Wildman–Crippen LogP) is 4.21. The van der Waals surface area contributed by atoms with Gasteiger partial charge in [0, 0.05) is 17.8 Å². The Morgan fingerprint density at radius 2 is 1.91 bits per heavy atom. The van der Waals surface area contributed by atoms with Gasteiger partial charge in [0.25, 0.3) is 0 Å². The van der Waals surface area contributed by atoms with Crippen LogP contribution in [0.15, 0.2) is 64.3 Å². The van der Waals surface area contributed by atoms with E-state index < -0.39 is 11.5 Å². The first kappa shape index (κ1) is 18.7. The second-order valence-corrected chi connectivity index (χ2v) is 8.87. The molecule has 6 rings (SSSR count). The fourth-order valence-corrected chi connectivity index (χ4v) is 4.13. The largest absolute Gasteiger partial charge is 0.437 e. The Balaban J connectivity index is 1.73. The Hall–Kier alpha value is -4.07. The number of ether oxygens (including phenoxy) is 1. The van der Waals surface area contributed by atoms with Crippen LogP contribution in [0.5, 0.6) is 11.6 Å². The van der Waals surface area contributed by atoms with Crippen molar-refractivity contribution < 1.29 is 9.15 Å². The summed E-state index contributed by atoms with van der Waals surface area (Å²) in [6.07, 6.45) is 5.03. The molecule has 0 aliphatic carbocycles. The van der Waals surface area contributed by atoms with Crippen molar-refractivity contribution in [2.24, 2.45) is 0 Å². The first-order valence-electron chi connectivity index (χ1n) is 10.3. The van der Waals surface area contributed by atoms with Crippen molar-refractivity contribution in [2.45, 2.75) is 32.1 Å². The van der Waals surface area contributed by atoms with Crippen LogP contribution in [0.3, 0.4) is 0 Å². The SMILES string of the molecule is CC(C)(C)c1nc2c3c(ncn2n1)Oc1c(c(=O)oc2ccccc12)C3c1cccnc1. The number of hydrogen-bond acceptors (Lipinski definition) is 7. The Kier molecular flexibility index (Phi) is 3.77. The molecule has 0 spiro atoms. The highest BCUT2D eigenvalue weighted by Gasteiger charge is 2.38. The van der Waals surface area contributed by atoms with Crippen molar-refractivity contribution in [3.05, 3.63) is 88.1 Å². The van der Waals surface area contributed by atoms with Gasteiger partial charge in [-0.2, -0.15) is 0 Å². The molecule has 1 aliphatic heterocycles. The fraction of sp³-hybridized carbons (Fsp3) is 0.208. The molecule has 0 saturated heterocycles. The second-order valence-electron chi connectivity index (χ2n) is 8.87. The molecule has 0 fully saturated rings. The summed E-state index contributed by atoms with van der Waals surface area (Å²) in [5.41, 5.74) is 2.21. The molecule has 4 aromatic heterocycles. The lowest BCUT2D eigenvalue weighted by atomic mass is 9.85. The van der Waals surface area contributed by atoms with Gasteiger partial charge < -0.3 is 9.15 Å². The van der Waals surface area contributed by atoms with Gasteiger partial charge >= 0.3 is 5.63 Å². The maximum atomic E-state index is 13.2. The van der Waals surface area contributed by atoms with E-state index in [9.17, 15) is 4.79 Å². The zero-order chi connectivity index (χ0) is 22.0. The summed E-state index contributed by atoms with van der Waals surface area (Å²) in [7, 11) is 0. The fourth-order valence-electron chi connectivity index (χ4n) is 4.13. The molecule has 0 N–H and O–H groups in total. The Bertz CT molecular complexity index is 1560. The van der Waals surface area contributed by atoms with E-state index in [1.807, 2.05) is 51.1 Å². The number of fused-ring (bicyclic) bond motifs is 6. The van der Waals surface area contributed by atoms with E-state index in [0.29, 0.717) is 45.2 Å². The topological polar surface area (TPSA) is 95.4 Å². The molecule has 1 aromatic carbocycles. The van der Waals surface area contributed by atoms with Crippen LogP contribution in [0.4, 0.5) is 0 Å². The van der Waals surface area contributed by atoms with Crippen molar-refractivity contribution in [3.63, 3.8) is 0 Å². The molecule has 158 valence electrons. The summed E-state index contributed by atoms with van der Waals surface area (Å²) in [4.78, 5) is 26.9. The number of nitrogens with zero attached hydrogens (tertiary/aromatic N) is 5. The molecular weight excluding hydrogens is 406 g/mol. The van der Waals surface area contributed by atoms with Crippen LogP contribution < -0.4 is 10.4 Å². The number of aromatic nitrogens is 5. The van der Waals surface area contributed by atoms with Gasteiger partial charge in [0.2, 0.25) is 5.88 Å². The van der Waals surface area contributed by atoms with Gasteiger partial charge in [0.05, 0.1) is 22.4 Å². The molecule has 5 aromatic rings. The molecule has 32 heavy (non-hydrogen) atoms. The lowest BCUT2D eigenvalue weighted by molar-refractivity contribution is 0.422. The molecule has 5 heterocycles. The van der Waals surface area contributed by atoms with Crippen LogP contribution >= 0.6 is 0 Å². The Morgan fingerprint density at radius 3 is 2.69 bits per heavy atom. The van der Waals surface area contributed by atoms with Gasteiger partial charge in [0.15, 0.2) is 17.2 Å². The molecule has 0 bridgehead atoms. The summed E-state index contributed by atoms with van der Waals surface area (Å²) in [5, 5.41) is 5.33. The third-order valence-electron chi connectivity index (χ3n) is 5.65. The summed E-state index contributed by atoms with van der Waals surface area (Å²) in [6.45, 7) is 6.15. The van der Waals surface area contributed by atoms with E-state index in [1.165, 1.54) is 0 Å². The van der Waals surface area contributed by atoms with Crippen LogP contribution in [0.25, 0.3) is 16.6 Å². The van der Waals surface area contributed by atoms with E-state index in [2.05, 4.69) is 15.1 Å². The number of hydrogen-bond donors (Lipinski definition) is 0. The molecule has 1 unspecified atom stereocenters. The van der Waals surface area contributed by atoms with Gasteiger partial charge in [0.1, 0.15) is 11.9 Å². The predicted molar refractivity (Wildman–Crippen MR) is 117 cm³/mol. The normalized spacial score (nSPS) is 15.4. The summed E-state index contributed by atoms with van der Waals surface area (Å²) < 4.78 is 13.6. The monoisotopic (exact) mass is 425 g/mol. The van der Waals surface area contributed by atoms with E-state index in [1.54, 1.807) is 29.3 Å². The summed E-state index contributed by atoms with van der Waals surface area (Å²) in [5.74, 6) is 0.999. The first-order chi connectivity index (χ1) is 15.4. The zero-order valence-electron chi connectivity index (χ0n) is 17.7. The van der Waals surface area contributed by atoms with E-state index in [-0.39, 0.29) is 5.41 Å². The highest BCUT2D eigenvalue weighted by atomic mass is 16.5. The minimum Gasteiger partial charge on any atom is -0.437 e. The molecular formula is C24H19N5O3. The van der Waals surface area contributed by atoms with E-state index in [0.717, 1.165) is 5.56 Å². The smallest absolute Gasteiger partial charge is 0.344 e. The van der Waals surface area contributed by atoms with Crippen LogP contribution in [0.2, 0.25) is 0 Å². The Labute approximate surface area is 182 Å². The molecule has 1 aliphatic rings. The summed E-state index contributed by atoms with van der Waals surface area (Å²) >= 11 is 0. The highest BCUT2D eigenvalue weighted by Crippen LogP contribution is 2.48. The quantitative estimate of drug-likeness (QED) is 0.364. The zero-order valence-corrected chi connectivity index (χ0v) is 17.7. The van der Waals surface area contributed by atoms with Gasteiger partial charge in [-0.3, -0.25) is 4.98 Å². The van der Waals surface area contributed by atoms with Crippen LogP contribution in [-0.2, 0) is 5.41 Å². The standard InChI is InChI=1S/C24H19N5O3/c1-24(2,3)23-27-20-18-16(13-7-6-10-25-11-13)17-19(32-21(18)26-12-29(20)28-23)14-8-4-5-9-15(14)31-22(17)30/h4-12,16H,1-3H3. The van der Waals surface area contributed by atoms with Gasteiger partial charge in [-0.25, -0.2) is 19.3 Å². The lowest BCUT2D eigenvalue weighted by Gasteiger charge is -2.27. The second kappa shape index (κ2) is 6.46. The van der Waals surface area contributed by atoms with Gasteiger partial charge in [-0.1, -0.05) is 39.0 Å². The molecule has 0 amide bonds. The van der Waals surface area contributed by atoms with Gasteiger partial charge in [-0.15, -0.1) is 5.10 Å². The number of para-hydroxylation sites is 1. The molecule has 8 heteroatoms. The lowest BCUT2D eigenvalue weighted by Crippen LogP contribution is -2.22. The minimum absolute atomic E-state index is 0.259. The highest BCUT2D eigenvalue weighted by molar-refractivity contribution is 5.86. The molecule has 8 nitrogen and oxygen atoms in total. The van der Waals surface area contributed by atoms with Crippen LogP contribution in [0.1, 0.15) is 49.2 Å². The van der Waals surface area contributed by atoms with Crippen molar-refractivity contribution in [1.82, 2.24) is 24.6 Å². The average Bonchev–Trinajstić information content (AvgIpc) is 3.24. The number of benzene rings is 1. The molecule has 1 atom stereocenters. The maximum Gasteiger partial charge on any atom is 0.344 e. The minimum atomic E-state index is -0.517. The van der Waals surface area contributed by atoms with Crippen molar-refractivity contribution >= 4 is 16.6 Å². The third kappa shape index (κ3) is 2.65. The average molecular weight is 425 g/mol. The first-order valence-corrected chi connectivity index (χ1v) is 10.3. The maximum absolute atomic E-state index is 13.2. The molecule has 0 radical (unpaired) electrons. The third-order valence-corrected chi connectivity index (χ3v) is 5.65. The van der Waals surface area contributed by atoms with Gasteiger partial charge in [-0.05, 0) is 23.8 Å². The summed E-state index contributed by atoms with van der Waals surface area (Å²) in [6, 6.07) is 11.1. The van der Waals surface area contributed by atoms with Crippen molar-refractivity contribution in [1.29, 1.82) is 0 Å². The number of pyridine rings is 1. The van der Waals surface area contributed by atoms with Crippen molar-refractivity contribution in [3.8, 4) is 11.6 Å². The van der Waals surface area contributed by atoms with E-state index in [4.69, 9.17) is 14.1 Å². The van der Waals surface area contributed by atoms with Crippen LogP contribution in [-0.4, -0.2) is 24.6 Å². The van der Waals surface area contributed by atoms with Crippen LogP contribution in [0, 0.1) is 0 Å². The molecule has 0 saturated carbocycles.